The van der Waals surface area contributed by atoms with Crippen molar-refractivity contribution < 1.29 is 13.2 Å². The first-order valence-corrected chi connectivity index (χ1v) is 4.75. The summed E-state index contributed by atoms with van der Waals surface area (Å²) in [6.45, 7) is 0. The van der Waals surface area contributed by atoms with Gasteiger partial charge in [0.1, 0.15) is 6.04 Å². The number of hydrogen-bond acceptors (Lipinski definition) is 3. The zero-order valence-electron chi connectivity index (χ0n) is 7.86. The second-order valence-electron chi connectivity index (χ2n) is 2.72. The number of rotatable bonds is 2. The first-order chi connectivity index (χ1) is 6.92. The van der Waals surface area contributed by atoms with Gasteiger partial charge in [-0.25, -0.2) is 0 Å². The Bertz CT molecular complexity index is 372. The Labute approximate surface area is 101 Å². The van der Waals surface area contributed by atoms with Crippen LogP contribution in [0.2, 0.25) is 0 Å². The van der Waals surface area contributed by atoms with Crippen molar-refractivity contribution in [2.45, 2.75) is 16.4 Å². The number of hydrogen-bond donors (Lipinski definition) is 1. The van der Waals surface area contributed by atoms with E-state index in [1.165, 1.54) is 24.3 Å². The minimum absolute atomic E-state index is 0. The maximum atomic E-state index is 12.0. The fourth-order valence-corrected chi connectivity index (χ4v) is 1.49. The Kier molecular flexibility index (Phi) is 5.65. The molecule has 16 heavy (non-hydrogen) atoms. The molecule has 0 aliphatic carbocycles. The fraction of sp³-hybridized carbons (Fsp3) is 0.222. The van der Waals surface area contributed by atoms with Crippen LogP contribution in [0.15, 0.2) is 29.2 Å². The third-order valence-electron chi connectivity index (χ3n) is 1.61. The normalized spacial score (nSPS) is 12.4. The summed E-state index contributed by atoms with van der Waals surface area (Å²) in [5.41, 5.74) is 1.59. The van der Waals surface area contributed by atoms with E-state index < -0.39 is 11.6 Å². The molecule has 0 saturated carbocycles. The van der Waals surface area contributed by atoms with Gasteiger partial charge in [-0.2, -0.15) is 18.4 Å². The Morgan fingerprint density at radius 2 is 1.75 bits per heavy atom. The molecule has 0 aliphatic heterocycles. The molecule has 2 N–H and O–H groups in total. The van der Waals surface area contributed by atoms with Gasteiger partial charge in [0, 0.05) is 4.90 Å². The maximum absolute atomic E-state index is 12.0. The van der Waals surface area contributed by atoms with Crippen molar-refractivity contribution in [2.24, 2.45) is 5.73 Å². The lowest BCUT2D eigenvalue weighted by Crippen LogP contribution is -2.06. The molecular formula is C9H8ClF3N2S. The summed E-state index contributed by atoms with van der Waals surface area (Å²) in [5.74, 6) is 0. The third-order valence-corrected chi connectivity index (χ3v) is 2.35. The van der Waals surface area contributed by atoms with Crippen LogP contribution >= 0.6 is 24.2 Å². The van der Waals surface area contributed by atoms with Gasteiger partial charge in [0.05, 0.1) is 6.07 Å². The molecule has 7 heteroatoms. The summed E-state index contributed by atoms with van der Waals surface area (Å²) in [4.78, 5) is 0.0800. The molecule has 0 bridgehead atoms. The molecule has 0 radical (unpaired) electrons. The van der Waals surface area contributed by atoms with Gasteiger partial charge in [-0.3, -0.25) is 0 Å². The molecule has 2 nitrogen and oxygen atoms in total. The molecule has 0 aliphatic rings. The third kappa shape index (κ3) is 4.75. The number of nitriles is 1. The molecule has 0 amide bonds. The average Bonchev–Trinajstić information content (AvgIpc) is 2.15. The number of halogens is 4. The number of nitrogens with two attached hydrogens (primary N) is 1. The van der Waals surface area contributed by atoms with Crippen molar-refractivity contribution >= 4 is 24.2 Å². The highest BCUT2D eigenvalue weighted by Crippen LogP contribution is 2.36. The van der Waals surface area contributed by atoms with Crippen molar-refractivity contribution in [2.75, 3.05) is 0 Å². The molecule has 0 unspecified atom stereocenters. The molecule has 1 aromatic rings. The standard InChI is InChI=1S/C9H7F3N2S.ClH/c10-9(11,12)15-7-3-1-6(2-4-7)8(14)5-13;/h1-4,8H,14H2;1H/t8-;/m0./s1. The summed E-state index contributed by atoms with van der Waals surface area (Å²) < 4.78 is 35.9. The van der Waals surface area contributed by atoms with Gasteiger partial charge < -0.3 is 5.73 Å². The highest BCUT2D eigenvalue weighted by molar-refractivity contribution is 8.00. The van der Waals surface area contributed by atoms with Crippen molar-refractivity contribution in [3.8, 4) is 6.07 Å². The quantitative estimate of drug-likeness (QED) is 0.838. The Hall–Kier alpha value is -0.900. The summed E-state index contributed by atoms with van der Waals surface area (Å²) in [7, 11) is 0. The SMILES string of the molecule is Cl.N#C[C@H](N)c1ccc(SC(F)(F)F)cc1. The van der Waals surface area contributed by atoms with Crippen molar-refractivity contribution in [1.82, 2.24) is 0 Å². The minimum atomic E-state index is -4.29. The second kappa shape index (κ2) is 5.99. The molecule has 1 atom stereocenters. The van der Waals surface area contributed by atoms with Crippen LogP contribution in [0.4, 0.5) is 13.2 Å². The topological polar surface area (TPSA) is 49.8 Å². The monoisotopic (exact) mass is 268 g/mol. The van der Waals surface area contributed by atoms with Crippen LogP contribution in [0.5, 0.6) is 0 Å². The smallest absolute Gasteiger partial charge is 0.312 e. The average molecular weight is 269 g/mol. The van der Waals surface area contributed by atoms with E-state index in [0.717, 1.165) is 0 Å². The fourth-order valence-electron chi connectivity index (χ4n) is 0.951. The van der Waals surface area contributed by atoms with Crippen LogP contribution in [-0.4, -0.2) is 5.51 Å². The van der Waals surface area contributed by atoms with Crippen LogP contribution in [0.3, 0.4) is 0 Å². The molecule has 1 rings (SSSR count). The number of thioether (sulfide) groups is 1. The highest BCUT2D eigenvalue weighted by Gasteiger charge is 2.29. The van der Waals surface area contributed by atoms with Gasteiger partial charge in [-0.15, -0.1) is 12.4 Å². The Balaban J connectivity index is 0.00000225. The number of alkyl halides is 3. The minimum Gasteiger partial charge on any atom is -0.312 e. The maximum Gasteiger partial charge on any atom is 0.446 e. The first kappa shape index (κ1) is 15.1. The molecular weight excluding hydrogens is 261 g/mol. The van der Waals surface area contributed by atoms with Gasteiger partial charge >= 0.3 is 5.51 Å². The zero-order valence-corrected chi connectivity index (χ0v) is 9.49. The molecule has 1 aromatic carbocycles. The van der Waals surface area contributed by atoms with E-state index >= 15 is 0 Å². The van der Waals surface area contributed by atoms with Crippen molar-refractivity contribution in [3.05, 3.63) is 29.8 Å². The van der Waals surface area contributed by atoms with Gasteiger partial charge in [-0.1, -0.05) is 12.1 Å². The molecule has 0 fully saturated rings. The predicted octanol–water partition coefficient (Wildman–Crippen LogP) is 3.24. The molecule has 0 heterocycles. The molecule has 0 saturated heterocycles. The summed E-state index contributed by atoms with van der Waals surface area (Å²) in [5, 5.41) is 8.48. The molecule has 88 valence electrons. The molecule has 0 spiro atoms. The largest absolute Gasteiger partial charge is 0.446 e. The van der Waals surface area contributed by atoms with E-state index in [2.05, 4.69) is 0 Å². The van der Waals surface area contributed by atoms with Crippen LogP contribution in [-0.2, 0) is 0 Å². The van der Waals surface area contributed by atoms with E-state index in [4.69, 9.17) is 11.0 Å². The van der Waals surface area contributed by atoms with Gasteiger partial charge in [0.2, 0.25) is 0 Å². The van der Waals surface area contributed by atoms with E-state index in [0.29, 0.717) is 5.56 Å². The highest BCUT2D eigenvalue weighted by atomic mass is 35.5. The Morgan fingerprint density at radius 1 is 1.25 bits per heavy atom. The predicted molar refractivity (Wildman–Crippen MR) is 58.1 cm³/mol. The molecule has 0 aromatic heterocycles. The summed E-state index contributed by atoms with van der Waals surface area (Å²) in [6.07, 6.45) is 0. The second-order valence-corrected chi connectivity index (χ2v) is 3.86. The van der Waals surface area contributed by atoms with Crippen LogP contribution < -0.4 is 5.73 Å². The summed E-state index contributed by atoms with van der Waals surface area (Å²) in [6, 6.07) is 6.43. The first-order valence-electron chi connectivity index (χ1n) is 3.93. The van der Waals surface area contributed by atoms with E-state index in [1.54, 1.807) is 6.07 Å². The number of benzene rings is 1. The van der Waals surface area contributed by atoms with Crippen molar-refractivity contribution in [1.29, 1.82) is 5.26 Å². The van der Waals surface area contributed by atoms with E-state index in [1.807, 2.05) is 0 Å². The van der Waals surface area contributed by atoms with E-state index in [9.17, 15) is 13.2 Å². The van der Waals surface area contributed by atoms with Crippen LogP contribution in [0, 0.1) is 11.3 Å². The van der Waals surface area contributed by atoms with E-state index in [-0.39, 0.29) is 29.1 Å². The van der Waals surface area contributed by atoms with Gasteiger partial charge in [-0.05, 0) is 29.5 Å². The lowest BCUT2D eigenvalue weighted by Gasteiger charge is -2.07. The zero-order chi connectivity index (χ0) is 11.5. The van der Waals surface area contributed by atoms with Gasteiger partial charge in [0.15, 0.2) is 0 Å². The van der Waals surface area contributed by atoms with Crippen LogP contribution in [0.25, 0.3) is 0 Å². The lowest BCUT2D eigenvalue weighted by molar-refractivity contribution is -0.0328. The number of nitrogens with zero attached hydrogens (tertiary/aromatic N) is 1. The van der Waals surface area contributed by atoms with Crippen molar-refractivity contribution in [3.63, 3.8) is 0 Å². The summed E-state index contributed by atoms with van der Waals surface area (Å²) >= 11 is -0.195. The lowest BCUT2D eigenvalue weighted by atomic mass is 10.1. The Morgan fingerprint density at radius 3 is 2.12 bits per heavy atom. The van der Waals surface area contributed by atoms with Crippen LogP contribution in [0.1, 0.15) is 11.6 Å². The van der Waals surface area contributed by atoms with Gasteiger partial charge in [0.25, 0.3) is 0 Å².